The maximum Gasteiger partial charge on any atom is 0.221 e. The Balaban J connectivity index is 3.29. The molecule has 21 heavy (non-hydrogen) atoms. The van der Waals surface area contributed by atoms with Gasteiger partial charge in [-0.25, -0.2) is 0 Å². The van der Waals surface area contributed by atoms with Crippen LogP contribution in [0.1, 0.15) is 104 Å². The first-order valence-electron chi connectivity index (χ1n) is 9.18. The highest BCUT2D eigenvalue weighted by atomic mass is 16.3. The monoisotopic (exact) mass is 299 g/mol. The summed E-state index contributed by atoms with van der Waals surface area (Å²) in [5, 5.41) is 12.3. The average molecular weight is 299 g/mol. The van der Waals surface area contributed by atoms with Crippen LogP contribution in [0, 0.1) is 0 Å². The molecule has 0 aliphatic rings. The number of unbranched alkanes of at least 4 members (excludes halogenated alkanes) is 10. The lowest BCUT2D eigenvalue weighted by Crippen LogP contribution is -2.34. The number of carbonyl (C=O) groups excluding carboxylic acids is 1. The highest BCUT2D eigenvalue weighted by molar-refractivity contribution is 5.75. The van der Waals surface area contributed by atoms with E-state index < -0.39 is 6.23 Å². The first kappa shape index (κ1) is 20.4. The summed E-state index contributed by atoms with van der Waals surface area (Å²) in [6, 6.07) is 0. The fourth-order valence-corrected chi connectivity index (χ4v) is 2.51. The number of hydrogen-bond donors (Lipinski definition) is 2. The molecule has 0 aliphatic carbocycles. The number of carbonyl (C=O) groups is 1. The normalized spacial score (nSPS) is 12.3. The van der Waals surface area contributed by atoms with Gasteiger partial charge in [-0.2, -0.15) is 0 Å². The summed E-state index contributed by atoms with van der Waals surface area (Å²) in [6.45, 7) is 4.38. The predicted octanol–water partition coefficient (Wildman–Crippen LogP) is 4.92. The summed E-state index contributed by atoms with van der Waals surface area (Å²) in [5.74, 6) is 0.00180. The Morgan fingerprint density at radius 3 is 1.86 bits per heavy atom. The average Bonchev–Trinajstić information content (AvgIpc) is 2.45. The highest BCUT2D eigenvalue weighted by Crippen LogP contribution is 2.10. The Hall–Kier alpha value is -0.570. The van der Waals surface area contributed by atoms with Crippen LogP contribution in [0.15, 0.2) is 0 Å². The molecule has 0 saturated heterocycles. The van der Waals surface area contributed by atoms with E-state index in [2.05, 4.69) is 19.2 Å². The zero-order valence-electron chi connectivity index (χ0n) is 14.3. The van der Waals surface area contributed by atoms with Crippen molar-refractivity contribution in [2.45, 2.75) is 110 Å². The van der Waals surface area contributed by atoms with Crippen LogP contribution in [-0.4, -0.2) is 17.2 Å². The van der Waals surface area contributed by atoms with Crippen molar-refractivity contribution in [3.63, 3.8) is 0 Å². The lowest BCUT2D eigenvalue weighted by atomic mass is 10.1. The summed E-state index contributed by atoms with van der Waals surface area (Å²) in [7, 11) is 0. The lowest BCUT2D eigenvalue weighted by Gasteiger charge is -2.12. The molecule has 0 fully saturated rings. The second-order valence-electron chi connectivity index (χ2n) is 6.16. The van der Waals surface area contributed by atoms with Gasteiger partial charge < -0.3 is 10.4 Å². The minimum atomic E-state index is -0.650. The lowest BCUT2D eigenvalue weighted by molar-refractivity contribution is -0.124. The van der Waals surface area contributed by atoms with Gasteiger partial charge in [0.05, 0.1) is 0 Å². The van der Waals surface area contributed by atoms with E-state index in [1.54, 1.807) is 0 Å². The Morgan fingerprint density at radius 1 is 0.810 bits per heavy atom. The molecule has 0 radical (unpaired) electrons. The van der Waals surface area contributed by atoms with E-state index in [1.807, 2.05) is 0 Å². The molecular formula is C18H37NO2. The number of hydrogen-bond acceptors (Lipinski definition) is 2. The van der Waals surface area contributed by atoms with Crippen molar-refractivity contribution in [1.29, 1.82) is 0 Å². The molecule has 1 atom stereocenters. The first-order chi connectivity index (χ1) is 10.2. The van der Waals surface area contributed by atoms with E-state index in [0.717, 1.165) is 32.1 Å². The first-order valence-corrected chi connectivity index (χ1v) is 9.18. The summed E-state index contributed by atoms with van der Waals surface area (Å²) >= 11 is 0. The van der Waals surface area contributed by atoms with Gasteiger partial charge in [0, 0.05) is 6.42 Å². The second kappa shape index (κ2) is 15.8. The molecule has 126 valence electrons. The molecule has 1 unspecified atom stereocenters. The molecule has 2 N–H and O–H groups in total. The van der Waals surface area contributed by atoms with Gasteiger partial charge in [0.15, 0.2) is 0 Å². The molecule has 0 aliphatic heterocycles. The van der Waals surface area contributed by atoms with Crippen molar-refractivity contribution in [3.8, 4) is 0 Å². The van der Waals surface area contributed by atoms with E-state index in [-0.39, 0.29) is 5.91 Å². The van der Waals surface area contributed by atoms with Crippen molar-refractivity contribution in [3.05, 3.63) is 0 Å². The summed E-state index contributed by atoms with van der Waals surface area (Å²) in [6.07, 6.45) is 15.2. The SMILES string of the molecule is CCCCCCCCCCCC(=O)NC(O)CCCCC. The highest BCUT2D eigenvalue weighted by Gasteiger charge is 2.07. The van der Waals surface area contributed by atoms with Gasteiger partial charge in [-0.3, -0.25) is 4.79 Å². The zero-order chi connectivity index (χ0) is 15.8. The maximum absolute atomic E-state index is 11.6. The summed E-state index contributed by atoms with van der Waals surface area (Å²) in [5.41, 5.74) is 0. The van der Waals surface area contributed by atoms with Gasteiger partial charge in [-0.1, -0.05) is 78.1 Å². The third-order valence-corrected chi connectivity index (χ3v) is 3.92. The van der Waals surface area contributed by atoms with Gasteiger partial charge in [0.1, 0.15) is 6.23 Å². The predicted molar refractivity (Wildman–Crippen MR) is 90.1 cm³/mol. The molecule has 1 amide bonds. The number of nitrogens with one attached hydrogen (secondary N) is 1. The fourth-order valence-electron chi connectivity index (χ4n) is 2.51. The Labute approximate surface area is 131 Å². The zero-order valence-corrected chi connectivity index (χ0v) is 14.3. The van der Waals surface area contributed by atoms with Crippen LogP contribution in [0.2, 0.25) is 0 Å². The van der Waals surface area contributed by atoms with Crippen molar-refractivity contribution in [2.75, 3.05) is 0 Å². The quantitative estimate of drug-likeness (QED) is 0.333. The van der Waals surface area contributed by atoms with Crippen LogP contribution < -0.4 is 5.32 Å². The summed E-state index contributed by atoms with van der Waals surface area (Å²) in [4.78, 5) is 11.6. The van der Waals surface area contributed by atoms with Crippen LogP contribution >= 0.6 is 0 Å². The molecular weight excluding hydrogens is 262 g/mol. The smallest absolute Gasteiger partial charge is 0.221 e. The minimum Gasteiger partial charge on any atom is -0.374 e. The van der Waals surface area contributed by atoms with Crippen LogP contribution in [0.4, 0.5) is 0 Å². The molecule has 0 rings (SSSR count). The third-order valence-electron chi connectivity index (χ3n) is 3.92. The molecule has 3 nitrogen and oxygen atoms in total. The molecule has 0 aromatic rings. The number of amides is 1. The fraction of sp³-hybridized carbons (Fsp3) is 0.944. The van der Waals surface area contributed by atoms with Crippen molar-refractivity contribution in [2.24, 2.45) is 0 Å². The van der Waals surface area contributed by atoms with Crippen LogP contribution in [0.25, 0.3) is 0 Å². The number of aliphatic hydroxyl groups is 1. The largest absolute Gasteiger partial charge is 0.374 e. The van der Waals surface area contributed by atoms with E-state index in [9.17, 15) is 9.90 Å². The van der Waals surface area contributed by atoms with Gasteiger partial charge in [-0.05, 0) is 19.3 Å². The Morgan fingerprint density at radius 2 is 1.29 bits per heavy atom. The van der Waals surface area contributed by atoms with Crippen LogP contribution in [-0.2, 0) is 4.79 Å². The van der Waals surface area contributed by atoms with E-state index in [4.69, 9.17) is 0 Å². The van der Waals surface area contributed by atoms with Crippen molar-refractivity contribution in [1.82, 2.24) is 5.32 Å². The van der Waals surface area contributed by atoms with Gasteiger partial charge in [0.2, 0.25) is 5.91 Å². The number of rotatable bonds is 15. The molecule has 0 aromatic carbocycles. The second-order valence-corrected chi connectivity index (χ2v) is 6.16. The molecule has 0 spiro atoms. The molecule has 0 heterocycles. The Kier molecular flexibility index (Phi) is 15.4. The standard InChI is InChI=1S/C18H37NO2/c1-3-5-7-8-9-10-11-12-14-16-18(21)19-17(20)15-13-6-4-2/h17,20H,3-16H2,1-2H3,(H,19,21). The van der Waals surface area contributed by atoms with Gasteiger partial charge in [-0.15, -0.1) is 0 Å². The van der Waals surface area contributed by atoms with E-state index >= 15 is 0 Å². The molecule has 0 saturated carbocycles. The van der Waals surface area contributed by atoms with Crippen LogP contribution in [0.3, 0.4) is 0 Å². The van der Waals surface area contributed by atoms with E-state index in [0.29, 0.717) is 12.8 Å². The third kappa shape index (κ3) is 15.6. The summed E-state index contributed by atoms with van der Waals surface area (Å²) < 4.78 is 0. The topological polar surface area (TPSA) is 49.3 Å². The van der Waals surface area contributed by atoms with Gasteiger partial charge >= 0.3 is 0 Å². The van der Waals surface area contributed by atoms with Gasteiger partial charge in [0.25, 0.3) is 0 Å². The maximum atomic E-state index is 11.6. The minimum absolute atomic E-state index is 0.00180. The Bertz CT molecular complexity index is 231. The molecule has 3 heteroatoms. The number of aliphatic hydroxyl groups excluding tert-OH is 1. The van der Waals surface area contributed by atoms with Crippen LogP contribution in [0.5, 0.6) is 0 Å². The van der Waals surface area contributed by atoms with Crippen molar-refractivity contribution < 1.29 is 9.90 Å². The van der Waals surface area contributed by atoms with E-state index in [1.165, 1.54) is 44.9 Å². The molecule has 0 bridgehead atoms. The van der Waals surface area contributed by atoms with Crippen molar-refractivity contribution >= 4 is 5.91 Å². The molecule has 0 aromatic heterocycles.